The number of rotatable bonds is 14. The van der Waals surface area contributed by atoms with Gasteiger partial charge in [-0.1, -0.05) is 6.92 Å². The van der Waals surface area contributed by atoms with Crippen LogP contribution in [0.3, 0.4) is 0 Å². The zero-order chi connectivity index (χ0) is 47.6. The van der Waals surface area contributed by atoms with Gasteiger partial charge in [0.15, 0.2) is 0 Å². The normalized spacial score (nSPS) is 22.9. The molecule has 0 saturated carbocycles. The first-order valence-corrected chi connectivity index (χ1v) is 21.8. The van der Waals surface area contributed by atoms with Crippen molar-refractivity contribution in [3.05, 3.63) is 130 Å². The number of aliphatic hydroxyl groups is 1. The predicted molar refractivity (Wildman–Crippen MR) is 231 cm³/mol. The summed E-state index contributed by atoms with van der Waals surface area (Å²) in [6.07, 6.45) is -2.44. The molecule has 0 radical (unpaired) electrons. The molecule has 66 heavy (non-hydrogen) atoms. The molecule has 3 aromatic rings. The molecule has 1 N–H and O–H groups in total. The summed E-state index contributed by atoms with van der Waals surface area (Å²) in [5.41, 5.74) is 1.00. The number of carbonyl (C=O) groups excluding carboxylic acids is 5. The van der Waals surface area contributed by atoms with Crippen molar-refractivity contribution in [2.45, 2.75) is 76.5 Å². The molecule has 348 valence electrons. The fourth-order valence-electron chi connectivity index (χ4n) is 8.62. The number of nitro benzene ring substituents is 3. The molecule has 7 atom stereocenters. The van der Waals surface area contributed by atoms with Crippen molar-refractivity contribution < 1.29 is 58.1 Å². The van der Waals surface area contributed by atoms with Gasteiger partial charge in [-0.25, -0.2) is 14.4 Å². The lowest BCUT2D eigenvalue weighted by Gasteiger charge is -2.46. The van der Waals surface area contributed by atoms with Crippen molar-refractivity contribution in [3.8, 4) is 0 Å². The van der Waals surface area contributed by atoms with Crippen LogP contribution >= 0.6 is 11.8 Å². The van der Waals surface area contributed by atoms with E-state index in [0.29, 0.717) is 21.6 Å². The number of likely N-dealkylation sites (tertiary alicyclic amines) is 1. The third-order valence-corrected chi connectivity index (χ3v) is 13.6. The number of β-lactam (4-membered cyclic amide) rings is 1. The molecule has 3 saturated heterocycles. The van der Waals surface area contributed by atoms with Gasteiger partial charge in [-0.3, -0.25) is 44.8 Å². The fraction of sp³-hybridized carbons (Fsp3) is 0.419. The average molecular weight is 932 g/mol. The maximum Gasteiger partial charge on any atom is 0.410 e. The Morgan fingerprint density at radius 2 is 1.20 bits per heavy atom. The van der Waals surface area contributed by atoms with Gasteiger partial charge in [0.05, 0.1) is 32.8 Å². The van der Waals surface area contributed by atoms with E-state index in [9.17, 15) is 59.4 Å². The third kappa shape index (κ3) is 9.76. The standard InChI is InChI=1S/C43H45N7O15S/c1-24-19-44(16-17-45(24)42(55)64-22-28-6-12-31(13-7-28)49(59)60)39(52)34-18-33(20-46(34)43(56)65-23-29-8-14-32(15-9-29)50(61)62)66-38-25(2)36-35(26(3)51)40(53)47(36)37(38)41(54)63-21-27-4-10-30(11-5-27)48(57)58/h4-15,24-26,33-36,51H,16-23H2,1-3H3/t24-,25-,26-,33+,34+,35-,36-/m1/s1. The third-order valence-electron chi connectivity index (χ3n) is 12.1. The van der Waals surface area contributed by atoms with Crippen LogP contribution in [-0.2, 0) is 48.4 Å². The molecule has 23 heteroatoms. The topological polar surface area (TPSA) is 276 Å². The van der Waals surface area contributed by atoms with Gasteiger partial charge in [-0.05, 0) is 73.4 Å². The van der Waals surface area contributed by atoms with Crippen LogP contribution in [0.1, 0.15) is 43.9 Å². The van der Waals surface area contributed by atoms with E-state index < -0.39 is 86.1 Å². The second kappa shape index (κ2) is 19.5. The molecule has 0 unspecified atom stereocenters. The first-order chi connectivity index (χ1) is 31.4. The van der Waals surface area contributed by atoms with Gasteiger partial charge in [0.2, 0.25) is 11.8 Å². The molecular formula is C43H45N7O15S. The second-order valence-corrected chi connectivity index (χ2v) is 17.7. The van der Waals surface area contributed by atoms with Crippen molar-refractivity contribution in [1.29, 1.82) is 0 Å². The highest BCUT2D eigenvalue weighted by Gasteiger charge is 2.61. The summed E-state index contributed by atoms with van der Waals surface area (Å²) in [5.74, 6) is -3.02. The number of amides is 4. The van der Waals surface area contributed by atoms with Crippen molar-refractivity contribution in [1.82, 2.24) is 19.6 Å². The molecule has 0 aliphatic carbocycles. The van der Waals surface area contributed by atoms with Gasteiger partial charge in [-0.15, -0.1) is 11.8 Å². The zero-order valence-electron chi connectivity index (χ0n) is 35.8. The van der Waals surface area contributed by atoms with Gasteiger partial charge in [-0.2, -0.15) is 0 Å². The molecule has 3 aromatic carbocycles. The van der Waals surface area contributed by atoms with Crippen molar-refractivity contribution in [2.24, 2.45) is 11.8 Å². The maximum atomic E-state index is 14.5. The van der Waals surface area contributed by atoms with E-state index in [1.807, 2.05) is 6.92 Å². The fourth-order valence-corrected chi connectivity index (χ4v) is 10.1. The minimum atomic E-state index is -1.07. The van der Waals surface area contributed by atoms with E-state index in [1.165, 1.54) is 111 Å². The van der Waals surface area contributed by atoms with Crippen molar-refractivity contribution >= 4 is 58.8 Å². The summed E-state index contributed by atoms with van der Waals surface area (Å²) in [5, 5.41) is 43.3. The van der Waals surface area contributed by atoms with Crippen molar-refractivity contribution in [3.63, 3.8) is 0 Å². The first-order valence-electron chi connectivity index (χ1n) is 20.9. The molecule has 0 aromatic heterocycles. The Hall–Kier alpha value is -7.14. The summed E-state index contributed by atoms with van der Waals surface area (Å²) in [7, 11) is 0. The molecular weight excluding hydrogens is 887 g/mol. The Labute approximate surface area is 380 Å². The number of thioether (sulfide) groups is 1. The lowest BCUT2D eigenvalue weighted by atomic mass is 9.79. The zero-order valence-corrected chi connectivity index (χ0v) is 36.6. The number of nitrogens with zero attached hydrogens (tertiary/aromatic N) is 7. The largest absolute Gasteiger partial charge is 0.456 e. The number of aliphatic hydroxyl groups excluding tert-OH is 1. The Morgan fingerprint density at radius 1 is 0.727 bits per heavy atom. The highest BCUT2D eigenvalue weighted by atomic mass is 32.2. The van der Waals surface area contributed by atoms with E-state index in [-0.39, 0.29) is 75.2 Å². The highest BCUT2D eigenvalue weighted by Crippen LogP contribution is 2.52. The Bertz CT molecular complexity index is 2450. The number of benzene rings is 3. The van der Waals surface area contributed by atoms with E-state index in [2.05, 4.69) is 0 Å². The predicted octanol–water partition coefficient (Wildman–Crippen LogP) is 4.91. The number of piperazine rings is 1. The minimum absolute atomic E-state index is 0.0335. The number of hydrogen-bond acceptors (Lipinski definition) is 16. The second-order valence-electron chi connectivity index (χ2n) is 16.4. The molecule has 4 heterocycles. The van der Waals surface area contributed by atoms with Gasteiger partial charge in [0.1, 0.15) is 31.6 Å². The summed E-state index contributed by atoms with van der Waals surface area (Å²) in [6.45, 7) is 4.58. The van der Waals surface area contributed by atoms with Crippen LogP contribution in [0, 0.1) is 42.2 Å². The molecule has 4 amide bonds. The number of nitro groups is 3. The van der Waals surface area contributed by atoms with Crippen LogP contribution in [0.25, 0.3) is 0 Å². The van der Waals surface area contributed by atoms with Crippen molar-refractivity contribution in [2.75, 3.05) is 26.2 Å². The van der Waals surface area contributed by atoms with E-state index in [0.717, 1.165) is 0 Å². The minimum Gasteiger partial charge on any atom is -0.456 e. The number of fused-ring (bicyclic) bond motifs is 1. The molecule has 4 aliphatic heterocycles. The summed E-state index contributed by atoms with van der Waals surface area (Å²) in [6, 6.07) is 14.2. The number of hydrogen-bond donors (Lipinski definition) is 1. The van der Waals surface area contributed by atoms with Crippen LogP contribution < -0.4 is 0 Å². The number of non-ortho nitro benzene ring substituents is 3. The van der Waals surface area contributed by atoms with Crippen LogP contribution in [0.4, 0.5) is 26.7 Å². The van der Waals surface area contributed by atoms with Crippen LogP contribution in [0.2, 0.25) is 0 Å². The lowest BCUT2D eigenvalue weighted by molar-refractivity contribution is -0.385. The Kier molecular flexibility index (Phi) is 13.9. The quantitative estimate of drug-likeness (QED) is 0.0739. The summed E-state index contributed by atoms with van der Waals surface area (Å²) in [4.78, 5) is 107. The van der Waals surface area contributed by atoms with Crippen LogP contribution in [0.5, 0.6) is 0 Å². The van der Waals surface area contributed by atoms with Gasteiger partial charge in [0, 0.05) is 84.7 Å². The van der Waals surface area contributed by atoms with Crippen LogP contribution in [0.15, 0.2) is 83.4 Å². The first kappa shape index (κ1) is 46.8. The van der Waals surface area contributed by atoms with Gasteiger partial charge >= 0.3 is 18.2 Å². The molecule has 4 aliphatic rings. The van der Waals surface area contributed by atoms with E-state index in [1.54, 1.807) is 6.92 Å². The monoisotopic (exact) mass is 931 g/mol. The van der Waals surface area contributed by atoms with Gasteiger partial charge in [0.25, 0.3) is 17.1 Å². The molecule has 0 spiro atoms. The lowest BCUT2D eigenvalue weighted by Crippen LogP contribution is -2.63. The smallest absolute Gasteiger partial charge is 0.410 e. The molecule has 22 nitrogen and oxygen atoms in total. The number of ether oxygens (including phenoxy) is 3. The summed E-state index contributed by atoms with van der Waals surface area (Å²) >= 11 is 1.21. The van der Waals surface area contributed by atoms with E-state index in [4.69, 9.17) is 14.2 Å². The Morgan fingerprint density at radius 3 is 1.65 bits per heavy atom. The van der Waals surface area contributed by atoms with Crippen LogP contribution in [-0.4, -0.2) is 125 Å². The van der Waals surface area contributed by atoms with E-state index >= 15 is 0 Å². The molecule has 7 rings (SSSR count). The summed E-state index contributed by atoms with van der Waals surface area (Å²) < 4.78 is 16.8. The number of esters is 1. The average Bonchev–Trinajstić information content (AvgIpc) is 3.82. The molecule has 0 bridgehead atoms. The maximum absolute atomic E-state index is 14.5. The SMILES string of the molecule is C[C@@H]1CN(C(=O)[C@@H]2C[C@H](SC3=C(C(=O)OCc4ccc([N+](=O)[O-])cc4)N4C(=O)[C@H]([C@@H](C)O)[C@H]4[C@H]3C)CN2C(=O)OCc2ccc([N+](=O)[O-])cc2)CCN1C(=O)OCc1ccc([N+](=O)[O-])cc1. The molecule has 3 fully saturated rings. The number of carbonyl (C=O) groups is 5. The Balaban J connectivity index is 1.08. The highest BCUT2D eigenvalue weighted by molar-refractivity contribution is 8.03. The van der Waals surface area contributed by atoms with Gasteiger partial charge < -0.3 is 34.0 Å².